The first-order valence-corrected chi connectivity index (χ1v) is 6.68. The van der Waals surface area contributed by atoms with Gasteiger partial charge in [0.15, 0.2) is 0 Å². The standard InChI is InChI=1S/C14H22N2O2/c17-7-6-16(11-13-3-8-18-9-4-13)12-14-2-1-5-15-10-14/h1-2,5,10,13,17H,3-4,6-9,11-12H2. The van der Waals surface area contributed by atoms with Gasteiger partial charge in [-0.3, -0.25) is 9.88 Å². The Labute approximate surface area is 109 Å². The van der Waals surface area contributed by atoms with Crippen molar-refractivity contribution < 1.29 is 9.84 Å². The van der Waals surface area contributed by atoms with Gasteiger partial charge in [0.1, 0.15) is 0 Å². The fraction of sp³-hybridized carbons (Fsp3) is 0.643. The Morgan fingerprint density at radius 2 is 2.22 bits per heavy atom. The topological polar surface area (TPSA) is 45.6 Å². The Morgan fingerprint density at radius 1 is 1.39 bits per heavy atom. The van der Waals surface area contributed by atoms with E-state index in [9.17, 15) is 0 Å². The molecule has 0 spiro atoms. The molecule has 0 unspecified atom stereocenters. The second-order valence-corrected chi connectivity index (χ2v) is 4.88. The predicted molar refractivity (Wildman–Crippen MR) is 70.1 cm³/mol. The summed E-state index contributed by atoms with van der Waals surface area (Å²) in [7, 11) is 0. The number of aliphatic hydroxyl groups excluding tert-OH is 1. The van der Waals surface area contributed by atoms with E-state index in [1.807, 2.05) is 12.3 Å². The average molecular weight is 250 g/mol. The van der Waals surface area contributed by atoms with Gasteiger partial charge in [0, 0.05) is 45.2 Å². The monoisotopic (exact) mass is 250 g/mol. The van der Waals surface area contributed by atoms with Crippen LogP contribution in [0.3, 0.4) is 0 Å². The zero-order valence-corrected chi connectivity index (χ0v) is 10.8. The molecule has 1 saturated heterocycles. The lowest BCUT2D eigenvalue weighted by atomic mass is 9.99. The fourth-order valence-electron chi connectivity index (χ4n) is 2.42. The normalized spacial score (nSPS) is 17.2. The van der Waals surface area contributed by atoms with Crippen molar-refractivity contribution in [3.63, 3.8) is 0 Å². The van der Waals surface area contributed by atoms with E-state index < -0.39 is 0 Å². The van der Waals surface area contributed by atoms with E-state index in [0.717, 1.165) is 45.7 Å². The molecule has 18 heavy (non-hydrogen) atoms. The van der Waals surface area contributed by atoms with Gasteiger partial charge in [-0.1, -0.05) is 6.07 Å². The number of ether oxygens (including phenoxy) is 1. The number of hydrogen-bond acceptors (Lipinski definition) is 4. The van der Waals surface area contributed by atoms with Crippen molar-refractivity contribution in [2.45, 2.75) is 19.4 Å². The fourth-order valence-corrected chi connectivity index (χ4v) is 2.42. The van der Waals surface area contributed by atoms with Crippen LogP contribution < -0.4 is 0 Å². The second-order valence-electron chi connectivity index (χ2n) is 4.88. The molecule has 100 valence electrons. The van der Waals surface area contributed by atoms with Crippen LogP contribution in [0.2, 0.25) is 0 Å². The third kappa shape index (κ3) is 4.37. The van der Waals surface area contributed by atoms with Crippen LogP contribution in [0, 0.1) is 5.92 Å². The highest BCUT2D eigenvalue weighted by molar-refractivity contribution is 5.08. The molecule has 0 atom stereocenters. The van der Waals surface area contributed by atoms with Crippen molar-refractivity contribution in [1.82, 2.24) is 9.88 Å². The van der Waals surface area contributed by atoms with E-state index in [-0.39, 0.29) is 6.61 Å². The molecular weight excluding hydrogens is 228 g/mol. The number of aromatic nitrogens is 1. The lowest BCUT2D eigenvalue weighted by molar-refractivity contribution is 0.0486. The van der Waals surface area contributed by atoms with Crippen LogP contribution in [0.25, 0.3) is 0 Å². The number of nitrogens with zero attached hydrogens (tertiary/aromatic N) is 2. The average Bonchev–Trinajstić information content (AvgIpc) is 2.41. The van der Waals surface area contributed by atoms with Gasteiger partial charge in [0.2, 0.25) is 0 Å². The molecule has 0 aliphatic carbocycles. The molecule has 0 saturated carbocycles. The highest BCUT2D eigenvalue weighted by Crippen LogP contribution is 2.17. The van der Waals surface area contributed by atoms with E-state index in [1.54, 1.807) is 6.20 Å². The molecule has 2 heterocycles. The van der Waals surface area contributed by atoms with E-state index in [2.05, 4.69) is 16.0 Å². The van der Waals surface area contributed by atoms with Gasteiger partial charge in [0.25, 0.3) is 0 Å². The Morgan fingerprint density at radius 3 is 2.89 bits per heavy atom. The third-order valence-electron chi connectivity index (χ3n) is 3.40. The second kappa shape index (κ2) is 7.46. The van der Waals surface area contributed by atoms with Crippen LogP contribution in [0.1, 0.15) is 18.4 Å². The van der Waals surface area contributed by atoms with Crippen LogP contribution >= 0.6 is 0 Å². The van der Waals surface area contributed by atoms with Gasteiger partial charge in [-0.05, 0) is 30.4 Å². The SMILES string of the molecule is OCCN(Cc1cccnc1)CC1CCOCC1. The molecule has 0 bridgehead atoms. The van der Waals surface area contributed by atoms with Gasteiger partial charge < -0.3 is 9.84 Å². The van der Waals surface area contributed by atoms with Crippen molar-refractivity contribution in [2.75, 3.05) is 32.9 Å². The van der Waals surface area contributed by atoms with Gasteiger partial charge >= 0.3 is 0 Å². The Balaban J connectivity index is 1.86. The smallest absolute Gasteiger partial charge is 0.0558 e. The van der Waals surface area contributed by atoms with Crippen molar-refractivity contribution >= 4 is 0 Å². The molecular formula is C14H22N2O2. The Hall–Kier alpha value is -0.970. The molecule has 1 aromatic rings. The number of pyridine rings is 1. The summed E-state index contributed by atoms with van der Waals surface area (Å²) in [6, 6.07) is 4.04. The lowest BCUT2D eigenvalue weighted by Crippen LogP contribution is -2.34. The highest BCUT2D eigenvalue weighted by Gasteiger charge is 2.17. The van der Waals surface area contributed by atoms with Crippen molar-refractivity contribution in [1.29, 1.82) is 0 Å². The van der Waals surface area contributed by atoms with Crippen molar-refractivity contribution in [3.05, 3.63) is 30.1 Å². The van der Waals surface area contributed by atoms with Gasteiger partial charge in [-0.25, -0.2) is 0 Å². The molecule has 1 aliphatic heterocycles. The highest BCUT2D eigenvalue weighted by atomic mass is 16.5. The Kier molecular flexibility index (Phi) is 5.58. The van der Waals surface area contributed by atoms with E-state index in [1.165, 1.54) is 5.56 Å². The molecule has 1 aromatic heterocycles. The molecule has 1 fully saturated rings. The lowest BCUT2D eigenvalue weighted by Gasteiger charge is -2.29. The van der Waals surface area contributed by atoms with E-state index in [4.69, 9.17) is 9.84 Å². The molecule has 0 radical (unpaired) electrons. The van der Waals surface area contributed by atoms with Gasteiger partial charge in [-0.2, -0.15) is 0 Å². The minimum atomic E-state index is 0.212. The zero-order chi connectivity index (χ0) is 12.6. The van der Waals surface area contributed by atoms with Crippen LogP contribution in [0.4, 0.5) is 0 Å². The zero-order valence-electron chi connectivity index (χ0n) is 10.8. The molecule has 4 heteroatoms. The molecule has 2 rings (SSSR count). The van der Waals surface area contributed by atoms with Crippen LogP contribution in [0.5, 0.6) is 0 Å². The maximum atomic E-state index is 9.16. The van der Waals surface area contributed by atoms with Crippen LogP contribution in [-0.4, -0.2) is 47.9 Å². The number of rotatable bonds is 6. The number of hydrogen-bond donors (Lipinski definition) is 1. The van der Waals surface area contributed by atoms with Crippen LogP contribution in [0.15, 0.2) is 24.5 Å². The summed E-state index contributed by atoms with van der Waals surface area (Å²) < 4.78 is 5.38. The summed E-state index contributed by atoms with van der Waals surface area (Å²) in [5.41, 5.74) is 1.21. The first kappa shape index (κ1) is 13.5. The number of aliphatic hydroxyl groups is 1. The first-order chi connectivity index (χ1) is 8.88. The predicted octanol–water partition coefficient (Wildman–Crippen LogP) is 1.30. The summed E-state index contributed by atoms with van der Waals surface area (Å²) in [6.07, 6.45) is 5.96. The minimum Gasteiger partial charge on any atom is -0.395 e. The third-order valence-corrected chi connectivity index (χ3v) is 3.40. The van der Waals surface area contributed by atoms with E-state index >= 15 is 0 Å². The molecule has 0 amide bonds. The quantitative estimate of drug-likeness (QED) is 0.826. The van der Waals surface area contributed by atoms with E-state index in [0.29, 0.717) is 5.92 Å². The van der Waals surface area contributed by atoms with Gasteiger partial charge in [-0.15, -0.1) is 0 Å². The van der Waals surface area contributed by atoms with Crippen LogP contribution in [-0.2, 0) is 11.3 Å². The first-order valence-electron chi connectivity index (χ1n) is 6.68. The summed E-state index contributed by atoms with van der Waals surface area (Å²) >= 11 is 0. The maximum absolute atomic E-state index is 9.16. The molecule has 1 aliphatic rings. The summed E-state index contributed by atoms with van der Waals surface area (Å²) in [5, 5.41) is 9.16. The summed E-state index contributed by atoms with van der Waals surface area (Å²) in [6.45, 7) is 4.61. The molecule has 0 aromatic carbocycles. The van der Waals surface area contributed by atoms with Gasteiger partial charge in [0.05, 0.1) is 6.61 Å². The minimum absolute atomic E-state index is 0.212. The molecule has 1 N–H and O–H groups in total. The summed E-state index contributed by atoms with van der Waals surface area (Å²) in [5.74, 6) is 0.696. The largest absolute Gasteiger partial charge is 0.395 e. The molecule has 4 nitrogen and oxygen atoms in total. The Bertz CT molecular complexity index is 326. The summed E-state index contributed by atoms with van der Waals surface area (Å²) in [4.78, 5) is 6.45. The van der Waals surface area contributed by atoms with Crippen molar-refractivity contribution in [2.24, 2.45) is 5.92 Å². The maximum Gasteiger partial charge on any atom is 0.0558 e. The van der Waals surface area contributed by atoms with Crippen molar-refractivity contribution in [3.8, 4) is 0 Å².